The van der Waals surface area contributed by atoms with Gasteiger partial charge in [0.15, 0.2) is 0 Å². The number of amides is 1. The third kappa shape index (κ3) is 4.96. The lowest BCUT2D eigenvalue weighted by Crippen LogP contribution is -2.27. The number of alkyl halides is 1. The molecule has 0 heterocycles. The maximum Gasteiger partial charge on any atom is 0.282 e. The van der Waals surface area contributed by atoms with Gasteiger partial charge in [0.1, 0.15) is 5.56 Å². The smallest absolute Gasteiger partial charge is 0.282 e. The summed E-state index contributed by atoms with van der Waals surface area (Å²) in [7, 11) is 1.53. The molecule has 0 saturated carbocycles. The Bertz CT molecular complexity index is 496. The highest BCUT2D eigenvalue weighted by molar-refractivity contribution is 6.31. The summed E-state index contributed by atoms with van der Waals surface area (Å²) in [5, 5.41) is 13.5. The van der Waals surface area contributed by atoms with Crippen LogP contribution in [0.3, 0.4) is 0 Å². The van der Waals surface area contributed by atoms with E-state index in [0.717, 1.165) is 0 Å². The molecule has 0 aliphatic heterocycles. The highest BCUT2D eigenvalue weighted by atomic mass is 35.5. The zero-order valence-electron chi connectivity index (χ0n) is 10.8. The number of halogens is 2. The predicted octanol–water partition coefficient (Wildman–Crippen LogP) is 2.62. The Morgan fingerprint density at radius 1 is 1.55 bits per heavy atom. The van der Waals surface area contributed by atoms with Crippen molar-refractivity contribution in [3.63, 3.8) is 0 Å². The monoisotopic (exact) mass is 320 g/mol. The minimum Gasteiger partial charge on any atom is -0.383 e. The van der Waals surface area contributed by atoms with Gasteiger partial charge in [-0.1, -0.05) is 11.6 Å². The zero-order chi connectivity index (χ0) is 15.1. The van der Waals surface area contributed by atoms with Gasteiger partial charge in [-0.2, -0.15) is 0 Å². The number of hydrogen-bond donors (Lipinski definition) is 1. The molecule has 6 nitrogen and oxygen atoms in total. The molecule has 8 heteroatoms. The third-order valence-corrected chi connectivity index (χ3v) is 3.07. The van der Waals surface area contributed by atoms with Crippen LogP contribution in [0.25, 0.3) is 0 Å². The first-order valence-electron chi connectivity index (χ1n) is 5.81. The van der Waals surface area contributed by atoms with E-state index in [9.17, 15) is 14.9 Å². The van der Waals surface area contributed by atoms with Crippen LogP contribution in [0.2, 0.25) is 5.02 Å². The van der Waals surface area contributed by atoms with Crippen LogP contribution in [0.15, 0.2) is 18.2 Å². The lowest BCUT2D eigenvalue weighted by molar-refractivity contribution is -0.385. The number of hydrogen-bond acceptors (Lipinski definition) is 4. The summed E-state index contributed by atoms with van der Waals surface area (Å²) >= 11 is 11.7. The van der Waals surface area contributed by atoms with Crippen LogP contribution < -0.4 is 5.32 Å². The predicted molar refractivity (Wildman–Crippen MR) is 76.6 cm³/mol. The Labute approximate surface area is 126 Å². The number of nitrogens with zero attached hydrogens (tertiary/aromatic N) is 1. The van der Waals surface area contributed by atoms with Crippen molar-refractivity contribution < 1.29 is 14.5 Å². The minimum absolute atomic E-state index is 0.0691. The summed E-state index contributed by atoms with van der Waals surface area (Å²) in [5.74, 6) is -0.555. The molecule has 0 fully saturated rings. The molecule has 1 rings (SSSR count). The molecular weight excluding hydrogens is 307 g/mol. The van der Waals surface area contributed by atoms with E-state index in [2.05, 4.69) is 5.32 Å². The van der Waals surface area contributed by atoms with Crippen molar-refractivity contribution in [2.24, 2.45) is 0 Å². The molecule has 0 bridgehead atoms. The summed E-state index contributed by atoms with van der Waals surface area (Å²) < 4.78 is 4.86. The van der Waals surface area contributed by atoms with Crippen molar-refractivity contribution in [2.75, 3.05) is 20.3 Å². The number of nitrogens with one attached hydrogen (secondary N) is 1. The Kier molecular flexibility index (Phi) is 6.70. The summed E-state index contributed by atoms with van der Waals surface area (Å²) in [6.07, 6.45) is 0.496. The summed E-state index contributed by atoms with van der Waals surface area (Å²) in [5.41, 5.74) is -0.355. The van der Waals surface area contributed by atoms with Crippen molar-refractivity contribution >= 4 is 34.8 Å². The van der Waals surface area contributed by atoms with Gasteiger partial charge in [0.2, 0.25) is 0 Å². The van der Waals surface area contributed by atoms with E-state index in [1.807, 2.05) is 0 Å². The molecule has 1 aromatic carbocycles. The zero-order valence-corrected chi connectivity index (χ0v) is 12.3. The molecule has 1 N–H and O–H groups in total. The Morgan fingerprint density at radius 3 is 2.85 bits per heavy atom. The number of carbonyl (C=O) groups is 1. The normalized spacial score (nSPS) is 11.9. The van der Waals surface area contributed by atoms with Gasteiger partial charge in [0, 0.05) is 24.7 Å². The fourth-order valence-electron chi connectivity index (χ4n) is 1.55. The van der Waals surface area contributed by atoms with Gasteiger partial charge in [-0.25, -0.2) is 0 Å². The second-order valence-corrected chi connectivity index (χ2v) is 5.07. The average Bonchev–Trinajstić information content (AvgIpc) is 2.38. The van der Waals surface area contributed by atoms with E-state index in [0.29, 0.717) is 19.6 Å². The van der Waals surface area contributed by atoms with Gasteiger partial charge in [0.05, 0.1) is 16.9 Å². The fourth-order valence-corrected chi connectivity index (χ4v) is 1.96. The highest BCUT2D eigenvalue weighted by Crippen LogP contribution is 2.22. The Morgan fingerprint density at radius 2 is 2.25 bits per heavy atom. The van der Waals surface area contributed by atoms with Gasteiger partial charge in [0.25, 0.3) is 11.6 Å². The molecular formula is C12H14Cl2N2O4. The van der Waals surface area contributed by atoms with Crippen molar-refractivity contribution in [3.8, 4) is 0 Å². The topological polar surface area (TPSA) is 81.5 Å². The molecule has 0 spiro atoms. The Hall–Kier alpha value is -1.37. The quantitative estimate of drug-likeness (QED) is 0.475. The number of nitro groups is 1. The molecule has 1 aromatic rings. The first-order valence-corrected chi connectivity index (χ1v) is 6.62. The molecule has 0 saturated heterocycles. The lowest BCUT2D eigenvalue weighted by atomic mass is 10.1. The second-order valence-electron chi connectivity index (χ2n) is 4.02. The number of benzene rings is 1. The van der Waals surface area contributed by atoms with Crippen LogP contribution in [0.4, 0.5) is 5.69 Å². The number of methoxy groups -OCH3 is 1. The molecule has 0 aromatic heterocycles. The molecule has 1 unspecified atom stereocenters. The van der Waals surface area contributed by atoms with Crippen LogP contribution in [-0.4, -0.2) is 36.5 Å². The van der Waals surface area contributed by atoms with Crippen LogP contribution in [0, 0.1) is 10.1 Å². The van der Waals surface area contributed by atoms with E-state index in [-0.39, 0.29) is 21.7 Å². The molecule has 110 valence electrons. The number of carbonyl (C=O) groups excluding carboxylic acids is 1. The largest absolute Gasteiger partial charge is 0.383 e. The maximum atomic E-state index is 11.9. The highest BCUT2D eigenvalue weighted by Gasteiger charge is 2.20. The van der Waals surface area contributed by atoms with E-state index in [1.54, 1.807) is 0 Å². The van der Waals surface area contributed by atoms with Crippen molar-refractivity contribution in [3.05, 3.63) is 38.9 Å². The van der Waals surface area contributed by atoms with Crippen LogP contribution >= 0.6 is 23.2 Å². The lowest BCUT2D eigenvalue weighted by Gasteiger charge is -2.09. The Balaban J connectivity index is 2.68. The van der Waals surface area contributed by atoms with Gasteiger partial charge >= 0.3 is 0 Å². The minimum atomic E-state index is -0.624. The summed E-state index contributed by atoms with van der Waals surface area (Å²) in [6.45, 7) is 0.661. The molecule has 20 heavy (non-hydrogen) atoms. The molecule has 1 atom stereocenters. The molecule has 1 amide bonds. The fraction of sp³-hybridized carbons (Fsp3) is 0.417. The van der Waals surface area contributed by atoms with Crippen LogP contribution in [0.5, 0.6) is 0 Å². The van der Waals surface area contributed by atoms with Crippen LogP contribution in [0.1, 0.15) is 16.8 Å². The van der Waals surface area contributed by atoms with Gasteiger partial charge in [-0.15, -0.1) is 11.6 Å². The second kappa shape index (κ2) is 8.04. The molecule has 0 aliphatic carbocycles. The van der Waals surface area contributed by atoms with E-state index in [4.69, 9.17) is 27.9 Å². The van der Waals surface area contributed by atoms with Crippen LogP contribution in [-0.2, 0) is 4.74 Å². The van der Waals surface area contributed by atoms with E-state index in [1.165, 1.54) is 25.3 Å². The first-order chi connectivity index (χ1) is 9.45. The van der Waals surface area contributed by atoms with Gasteiger partial charge in [-0.05, 0) is 18.6 Å². The molecule has 0 radical (unpaired) electrons. The van der Waals surface area contributed by atoms with Gasteiger partial charge < -0.3 is 10.1 Å². The van der Waals surface area contributed by atoms with E-state index < -0.39 is 10.8 Å². The maximum absolute atomic E-state index is 11.9. The van der Waals surface area contributed by atoms with Crippen molar-refractivity contribution in [2.45, 2.75) is 11.8 Å². The standard InChI is InChI=1S/C12H14Cl2N2O4/c1-20-7-9(14)4-5-15-12(17)10-6-8(13)2-3-11(10)16(18)19/h2-3,6,9H,4-5,7H2,1H3,(H,15,17). The third-order valence-electron chi connectivity index (χ3n) is 2.49. The van der Waals surface area contributed by atoms with Crippen molar-refractivity contribution in [1.82, 2.24) is 5.32 Å². The number of nitro benzene ring substituents is 1. The number of ether oxygens (including phenoxy) is 1. The number of rotatable bonds is 7. The summed E-state index contributed by atoms with van der Waals surface area (Å²) in [4.78, 5) is 22.1. The SMILES string of the molecule is COCC(Cl)CCNC(=O)c1cc(Cl)ccc1[N+](=O)[O-]. The first kappa shape index (κ1) is 16.7. The average molecular weight is 321 g/mol. The van der Waals surface area contributed by atoms with E-state index >= 15 is 0 Å². The van der Waals surface area contributed by atoms with Gasteiger partial charge in [-0.3, -0.25) is 14.9 Å². The summed E-state index contributed by atoms with van der Waals surface area (Å²) in [6, 6.07) is 3.83. The molecule has 0 aliphatic rings. The van der Waals surface area contributed by atoms with Crippen molar-refractivity contribution in [1.29, 1.82) is 0 Å².